The first-order valence-electron chi connectivity index (χ1n) is 8.95. The molecule has 3 heterocycles. The van der Waals surface area contributed by atoms with Crippen molar-refractivity contribution in [2.24, 2.45) is 0 Å². The van der Waals surface area contributed by atoms with Gasteiger partial charge in [-0.05, 0) is 24.3 Å². The van der Waals surface area contributed by atoms with Gasteiger partial charge in [-0.15, -0.1) is 0 Å². The van der Waals surface area contributed by atoms with Gasteiger partial charge in [0.25, 0.3) is 5.91 Å². The van der Waals surface area contributed by atoms with Crippen molar-refractivity contribution in [2.75, 3.05) is 18.7 Å². The predicted octanol–water partition coefficient (Wildman–Crippen LogP) is 3.57. The van der Waals surface area contributed by atoms with E-state index in [0.29, 0.717) is 23.0 Å². The molecule has 31 heavy (non-hydrogen) atoms. The number of halogens is 3. The fourth-order valence-corrected chi connectivity index (χ4v) is 2.64. The van der Waals surface area contributed by atoms with Crippen molar-refractivity contribution in [3.8, 4) is 17.2 Å². The molecule has 2 aromatic heterocycles. The van der Waals surface area contributed by atoms with Crippen molar-refractivity contribution in [2.45, 2.75) is 19.5 Å². The van der Waals surface area contributed by atoms with E-state index in [0.717, 1.165) is 4.68 Å². The van der Waals surface area contributed by atoms with Gasteiger partial charge in [-0.25, -0.2) is 4.68 Å². The maximum atomic E-state index is 12.3. The first kappa shape index (κ1) is 20.6. The average molecular weight is 439 g/mol. The highest BCUT2D eigenvalue weighted by Crippen LogP contribution is 2.35. The lowest BCUT2D eigenvalue weighted by molar-refractivity contribution is -0.182. The molecule has 0 unspecified atom stereocenters. The molecule has 164 valence electrons. The van der Waals surface area contributed by atoms with E-state index in [2.05, 4.69) is 15.2 Å². The number of benzene rings is 1. The number of nitrogens with one attached hydrogen (secondary N) is 1. The summed E-state index contributed by atoms with van der Waals surface area (Å²) in [5.74, 6) is 1.67. The third-order valence-electron chi connectivity index (χ3n) is 3.99. The van der Waals surface area contributed by atoms with Crippen LogP contribution in [0.5, 0.6) is 17.2 Å². The number of hydrogen-bond acceptors (Lipinski definition) is 7. The minimum absolute atomic E-state index is 0.0327. The van der Waals surface area contributed by atoms with Crippen molar-refractivity contribution in [3.63, 3.8) is 0 Å². The number of carbonyl (C=O) groups is 1. The van der Waals surface area contributed by atoms with Crippen LogP contribution in [0.4, 0.5) is 18.9 Å². The van der Waals surface area contributed by atoms with E-state index in [-0.39, 0.29) is 24.8 Å². The molecule has 0 fully saturated rings. The van der Waals surface area contributed by atoms with Gasteiger partial charge in [-0.1, -0.05) is 0 Å². The Morgan fingerprint density at radius 1 is 1.19 bits per heavy atom. The van der Waals surface area contributed by atoms with Crippen LogP contribution in [-0.4, -0.2) is 35.3 Å². The van der Waals surface area contributed by atoms with E-state index in [1.165, 1.54) is 18.5 Å². The monoisotopic (exact) mass is 439 g/mol. The summed E-state index contributed by atoms with van der Waals surface area (Å²) in [4.78, 5) is 12.3. The van der Waals surface area contributed by atoms with Crippen molar-refractivity contribution in [3.05, 3.63) is 54.2 Å². The smallest absolute Gasteiger partial charge is 0.411 e. The van der Waals surface area contributed by atoms with Crippen molar-refractivity contribution >= 4 is 11.6 Å². The number of nitrogens with zero attached hydrogens (tertiary/aromatic N) is 2. The van der Waals surface area contributed by atoms with Crippen LogP contribution in [0.15, 0.2) is 47.1 Å². The van der Waals surface area contributed by atoms with Gasteiger partial charge in [0.2, 0.25) is 6.79 Å². The molecular weight excluding hydrogens is 423 g/mol. The molecule has 3 aromatic rings. The summed E-state index contributed by atoms with van der Waals surface area (Å²) in [5, 5.41) is 6.35. The molecule has 0 radical (unpaired) electrons. The summed E-state index contributed by atoms with van der Waals surface area (Å²) in [6, 6.07) is 8.21. The Morgan fingerprint density at radius 2 is 2.03 bits per heavy atom. The van der Waals surface area contributed by atoms with Gasteiger partial charge in [0.15, 0.2) is 17.3 Å². The molecule has 0 atom stereocenters. The van der Waals surface area contributed by atoms with Crippen molar-refractivity contribution < 1.29 is 41.3 Å². The van der Waals surface area contributed by atoms with Gasteiger partial charge < -0.3 is 28.7 Å². The number of anilines is 1. The number of carbonyl (C=O) groups excluding carboxylic acids is 1. The topological polar surface area (TPSA) is 97.0 Å². The molecule has 0 bridgehead atoms. The average Bonchev–Trinajstić information content (AvgIpc) is 3.46. The van der Waals surface area contributed by atoms with Crippen LogP contribution in [0.3, 0.4) is 0 Å². The maximum Gasteiger partial charge on any atom is 0.411 e. The molecule has 0 saturated heterocycles. The second-order valence-corrected chi connectivity index (χ2v) is 6.39. The van der Waals surface area contributed by atoms with Crippen LogP contribution in [0, 0.1) is 0 Å². The molecule has 9 nitrogen and oxygen atoms in total. The van der Waals surface area contributed by atoms with Crippen LogP contribution in [0.2, 0.25) is 0 Å². The number of alkyl halides is 3. The second kappa shape index (κ2) is 8.60. The number of hydrogen-bond donors (Lipinski definition) is 1. The van der Waals surface area contributed by atoms with Gasteiger partial charge in [-0.3, -0.25) is 4.79 Å². The largest absolute Gasteiger partial charge is 0.486 e. The minimum atomic E-state index is -4.42. The number of fused-ring (bicyclic) bond motifs is 1. The number of ether oxygens (including phenoxy) is 4. The molecule has 4 rings (SSSR count). The van der Waals surface area contributed by atoms with E-state index in [9.17, 15) is 18.0 Å². The van der Waals surface area contributed by atoms with Crippen LogP contribution in [0.25, 0.3) is 0 Å². The summed E-state index contributed by atoms with van der Waals surface area (Å²) in [6.45, 7) is -1.55. The summed E-state index contributed by atoms with van der Waals surface area (Å²) in [7, 11) is 0. The van der Waals surface area contributed by atoms with Gasteiger partial charge in [0, 0.05) is 6.07 Å². The van der Waals surface area contributed by atoms with Gasteiger partial charge >= 0.3 is 6.18 Å². The molecule has 1 aliphatic heterocycles. The SMILES string of the molecule is O=C(Nc1cnn(COCC(F)(F)F)c1)c1ccc(COc2ccc3c(c2)OCO3)o1. The molecule has 12 heteroatoms. The molecule has 0 saturated carbocycles. The highest BCUT2D eigenvalue weighted by Gasteiger charge is 2.27. The molecular formula is C19H16F3N3O6. The zero-order chi connectivity index (χ0) is 21.8. The van der Waals surface area contributed by atoms with E-state index >= 15 is 0 Å². The Labute approximate surface area is 173 Å². The van der Waals surface area contributed by atoms with Crippen molar-refractivity contribution in [1.29, 1.82) is 0 Å². The quantitative estimate of drug-likeness (QED) is 0.573. The van der Waals surface area contributed by atoms with Crippen LogP contribution >= 0.6 is 0 Å². The summed E-state index contributed by atoms with van der Waals surface area (Å²) < 4.78 is 63.5. The standard InChI is InChI=1S/C19H16F3N3O6/c20-19(21,22)9-27-10-25-7-12(6-23-25)24-18(26)16-4-2-14(31-16)8-28-13-1-3-15-17(5-13)30-11-29-15/h1-7H,8-11H2,(H,24,26). The fourth-order valence-electron chi connectivity index (χ4n) is 2.64. The highest BCUT2D eigenvalue weighted by atomic mass is 19.4. The lowest BCUT2D eigenvalue weighted by atomic mass is 10.3. The summed E-state index contributed by atoms with van der Waals surface area (Å²) in [6.07, 6.45) is -1.81. The van der Waals surface area contributed by atoms with Crippen LogP contribution in [0.1, 0.15) is 16.3 Å². The van der Waals surface area contributed by atoms with Crippen LogP contribution in [-0.2, 0) is 18.1 Å². The number of aromatic nitrogens is 2. The number of furan rings is 1. The summed E-state index contributed by atoms with van der Waals surface area (Å²) in [5.41, 5.74) is 0.273. The highest BCUT2D eigenvalue weighted by molar-refractivity contribution is 6.02. The van der Waals surface area contributed by atoms with E-state index in [1.807, 2.05) is 0 Å². The van der Waals surface area contributed by atoms with Gasteiger partial charge in [-0.2, -0.15) is 18.3 Å². The Bertz CT molecular complexity index is 1060. The maximum absolute atomic E-state index is 12.3. The lowest BCUT2D eigenvalue weighted by Gasteiger charge is -2.07. The molecule has 1 amide bonds. The van der Waals surface area contributed by atoms with E-state index < -0.39 is 25.4 Å². The second-order valence-electron chi connectivity index (χ2n) is 6.39. The first-order chi connectivity index (χ1) is 14.9. The Kier molecular flexibility index (Phi) is 5.71. The predicted molar refractivity (Wildman–Crippen MR) is 97.8 cm³/mol. The Morgan fingerprint density at radius 3 is 2.87 bits per heavy atom. The Hall–Kier alpha value is -3.67. The normalized spacial score (nSPS) is 12.7. The summed E-state index contributed by atoms with van der Waals surface area (Å²) >= 11 is 0. The zero-order valence-corrected chi connectivity index (χ0v) is 15.8. The first-order valence-corrected chi connectivity index (χ1v) is 8.95. The van der Waals surface area contributed by atoms with Gasteiger partial charge in [0.05, 0.1) is 18.1 Å². The van der Waals surface area contributed by atoms with Gasteiger partial charge in [0.1, 0.15) is 31.5 Å². The molecule has 1 N–H and O–H groups in total. The van der Waals surface area contributed by atoms with Crippen LogP contribution < -0.4 is 19.5 Å². The molecule has 1 aliphatic rings. The van der Waals surface area contributed by atoms with E-state index in [4.69, 9.17) is 18.6 Å². The third kappa shape index (κ3) is 5.48. The van der Waals surface area contributed by atoms with Crippen molar-refractivity contribution in [1.82, 2.24) is 9.78 Å². The molecule has 0 spiro atoms. The molecule has 1 aromatic carbocycles. The zero-order valence-electron chi connectivity index (χ0n) is 15.8. The third-order valence-corrected chi connectivity index (χ3v) is 3.99. The Balaban J connectivity index is 1.27. The minimum Gasteiger partial charge on any atom is -0.486 e. The number of amides is 1. The fraction of sp³-hybridized carbons (Fsp3) is 0.263. The number of rotatable bonds is 8. The lowest BCUT2D eigenvalue weighted by Crippen LogP contribution is -2.18. The molecule has 0 aliphatic carbocycles. The van der Waals surface area contributed by atoms with E-state index in [1.54, 1.807) is 24.3 Å².